The number of rotatable bonds is 3. The quantitative estimate of drug-likeness (QED) is 0.909. The van der Waals surface area contributed by atoms with Gasteiger partial charge in [0.1, 0.15) is 12.6 Å². The first-order valence-electron chi connectivity index (χ1n) is 4.17. The van der Waals surface area contributed by atoms with Crippen LogP contribution in [0.2, 0.25) is 0 Å². The van der Waals surface area contributed by atoms with Crippen LogP contribution in [0.3, 0.4) is 0 Å². The molecule has 0 bridgehead atoms. The Morgan fingerprint density at radius 1 is 1.67 bits per heavy atom. The number of benzene rings is 1. The highest BCUT2D eigenvalue weighted by atomic mass is 79.9. The van der Waals surface area contributed by atoms with Crippen molar-refractivity contribution in [3.8, 4) is 6.07 Å². The van der Waals surface area contributed by atoms with Crippen LogP contribution in [-0.2, 0) is 4.79 Å². The third-order valence-electron chi connectivity index (χ3n) is 1.86. The SMILES string of the molecule is CN(CC(=O)O)c1cc(Br)ccc1C#N. The summed E-state index contributed by atoms with van der Waals surface area (Å²) in [7, 11) is 1.64. The number of nitriles is 1. The van der Waals surface area contributed by atoms with E-state index in [1.165, 1.54) is 4.90 Å². The van der Waals surface area contributed by atoms with Gasteiger partial charge >= 0.3 is 5.97 Å². The third kappa shape index (κ3) is 2.96. The molecule has 0 aliphatic heterocycles. The fraction of sp³-hybridized carbons (Fsp3) is 0.200. The Hall–Kier alpha value is -1.54. The van der Waals surface area contributed by atoms with Crippen LogP contribution in [-0.4, -0.2) is 24.7 Å². The second-order valence-electron chi connectivity index (χ2n) is 3.02. The van der Waals surface area contributed by atoms with E-state index in [0.29, 0.717) is 11.3 Å². The molecule has 0 amide bonds. The molecule has 0 aromatic heterocycles. The first-order chi connectivity index (χ1) is 7.04. The lowest BCUT2D eigenvalue weighted by atomic mass is 10.2. The van der Waals surface area contributed by atoms with E-state index in [0.717, 1.165) is 4.47 Å². The van der Waals surface area contributed by atoms with Crippen molar-refractivity contribution in [3.63, 3.8) is 0 Å². The van der Waals surface area contributed by atoms with Gasteiger partial charge in [0.2, 0.25) is 0 Å². The van der Waals surface area contributed by atoms with Gasteiger partial charge in [-0.2, -0.15) is 5.26 Å². The average molecular weight is 269 g/mol. The maximum atomic E-state index is 10.5. The van der Waals surface area contributed by atoms with Crippen molar-refractivity contribution in [2.24, 2.45) is 0 Å². The minimum absolute atomic E-state index is 0.134. The molecule has 4 nitrogen and oxygen atoms in total. The number of hydrogen-bond donors (Lipinski definition) is 1. The molecular weight excluding hydrogens is 260 g/mol. The molecule has 1 rings (SSSR count). The molecule has 0 atom stereocenters. The number of halogens is 1. The van der Waals surface area contributed by atoms with Crippen LogP contribution in [0.25, 0.3) is 0 Å². The number of carboxylic acid groups (broad SMARTS) is 1. The molecule has 0 spiro atoms. The minimum Gasteiger partial charge on any atom is -0.480 e. The van der Waals surface area contributed by atoms with Gasteiger partial charge in [-0.15, -0.1) is 0 Å². The molecule has 78 valence electrons. The van der Waals surface area contributed by atoms with Crippen LogP contribution in [0, 0.1) is 11.3 Å². The van der Waals surface area contributed by atoms with E-state index < -0.39 is 5.97 Å². The molecule has 0 saturated carbocycles. The molecule has 15 heavy (non-hydrogen) atoms. The summed E-state index contributed by atoms with van der Waals surface area (Å²) in [6, 6.07) is 7.14. The summed E-state index contributed by atoms with van der Waals surface area (Å²) in [6.07, 6.45) is 0. The summed E-state index contributed by atoms with van der Waals surface area (Å²) < 4.78 is 0.814. The van der Waals surface area contributed by atoms with Gasteiger partial charge in [0.25, 0.3) is 0 Å². The number of carboxylic acids is 1. The third-order valence-corrected chi connectivity index (χ3v) is 2.36. The zero-order chi connectivity index (χ0) is 11.4. The Labute approximate surface area is 95.9 Å². The lowest BCUT2D eigenvalue weighted by molar-refractivity contribution is -0.135. The second-order valence-corrected chi connectivity index (χ2v) is 3.94. The molecule has 5 heteroatoms. The van der Waals surface area contributed by atoms with E-state index in [1.54, 1.807) is 25.2 Å². The second kappa shape index (κ2) is 4.80. The van der Waals surface area contributed by atoms with Crippen molar-refractivity contribution in [1.29, 1.82) is 5.26 Å². The summed E-state index contributed by atoms with van der Waals surface area (Å²) in [5.74, 6) is -0.929. The van der Waals surface area contributed by atoms with Crippen molar-refractivity contribution >= 4 is 27.6 Å². The average Bonchev–Trinajstić information content (AvgIpc) is 2.16. The number of nitrogens with zero attached hydrogens (tertiary/aromatic N) is 2. The zero-order valence-electron chi connectivity index (χ0n) is 8.07. The highest BCUT2D eigenvalue weighted by molar-refractivity contribution is 9.10. The standard InChI is InChI=1S/C10H9BrN2O2/c1-13(6-10(14)15)9-4-8(11)3-2-7(9)5-12/h2-4H,6H2,1H3,(H,14,15). The van der Waals surface area contributed by atoms with Crippen molar-refractivity contribution in [3.05, 3.63) is 28.2 Å². The Balaban J connectivity index is 3.06. The number of hydrogen-bond acceptors (Lipinski definition) is 3. The van der Waals surface area contributed by atoms with Crippen LogP contribution in [0.15, 0.2) is 22.7 Å². The molecule has 0 fully saturated rings. The first-order valence-corrected chi connectivity index (χ1v) is 4.96. The van der Waals surface area contributed by atoms with E-state index in [1.807, 2.05) is 6.07 Å². The van der Waals surface area contributed by atoms with Gasteiger partial charge < -0.3 is 10.0 Å². The van der Waals surface area contributed by atoms with Gasteiger partial charge in [-0.3, -0.25) is 4.79 Å². The van der Waals surface area contributed by atoms with Gasteiger partial charge in [0.15, 0.2) is 0 Å². The number of anilines is 1. The maximum absolute atomic E-state index is 10.5. The molecule has 0 unspecified atom stereocenters. The van der Waals surface area contributed by atoms with Crippen LogP contribution < -0.4 is 4.90 Å². The predicted molar refractivity (Wildman–Crippen MR) is 59.8 cm³/mol. The molecule has 1 aromatic carbocycles. The summed E-state index contributed by atoms with van der Waals surface area (Å²) in [5.41, 5.74) is 1.07. The van der Waals surface area contributed by atoms with Gasteiger partial charge in [-0.1, -0.05) is 15.9 Å². The van der Waals surface area contributed by atoms with E-state index >= 15 is 0 Å². The number of carbonyl (C=O) groups is 1. The van der Waals surface area contributed by atoms with Crippen molar-refractivity contribution in [2.75, 3.05) is 18.5 Å². The topological polar surface area (TPSA) is 64.3 Å². The first kappa shape index (κ1) is 11.5. The van der Waals surface area contributed by atoms with Gasteiger partial charge in [-0.05, 0) is 18.2 Å². The summed E-state index contributed by atoms with van der Waals surface area (Å²) in [4.78, 5) is 12.1. The van der Waals surface area contributed by atoms with Gasteiger partial charge in [0.05, 0.1) is 11.3 Å². The fourth-order valence-corrected chi connectivity index (χ4v) is 1.55. The molecule has 0 saturated heterocycles. The van der Waals surface area contributed by atoms with Crippen molar-refractivity contribution < 1.29 is 9.90 Å². The number of likely N-dealkylation sites (N-methyl/N-ethyl adjacent to an activating group) is 1. The summed E-state index contributed by atoms with van der Waals surface area (Å²) >= 11 is 3.28. The van der Waals surface area contributed by atoms with Crippen LogP contribution in [0.4, 0.5) is 5.69 Å². The molecule has 0 radical (unpaired) electrons. The van der Waals surface area contributed by atoms with Gasteiger partial charge in [0, 0.05) is 11.5 Å². The van der Waals surface area contributed by atoms with E-state index in [2.05, 4.69) is 15.9 Å². The van der Waals surface area contributed by atoms with E-state index in [-0.39, 0.29) is 6.54 Å². The van der Waals surface area contributed by atoms with E-state index in [9.17, 15) is 4.79 Å². The molecule has 0 heterocycles. The molecule has 0 aliphatic rings. The zero-order valence-corrected chi connectivity index (χ0v) is 9.65. The minimum atomic E-state index is -0.929. The van der Waals surface area contributed by atoms with Crippen molar-refractivity contribution in [2.45, 2.75) is 0 Å². The highest BCUT2D eigenvalue weighted by Gasteiger charge is 2.10. The summed E-state index contributed by atoms with van der Waals surface area (Å²) in [6.45, 7) is -0.134. The highest BCUT2D eigenvalue weighted by Crippen LogP contribution is 2.23. The Morgan fingerprint density at radius 2 is 2.33 bits per heavy atom. The largest absolute Gasteiger partial charge is 0.480 e. The molecular formula is C10H9BrN2O2. The summed E-state index contributed by atoms with van der Waals surface area (Å²) in [5, 5.41) is 17.5. The Bertz CT molecular complexity index is 426. The van der Waals surface area contributed by atoms with Crippen LogP contribution in [0.1, 0.15) is 5.56 Å². The molecule has 1 aromatic rings. The fourth-order valence-electron chi connectivity index (χ4n) is 1.20. The number of aliphatic carboxylic acids is 1. The molecule has 1 N–H and O–H groups in total. The Kier molecular flexibility index (Phi) is 3.69. The van der Waals surface area contributed by atoms with E-state index in [4.69, 9.17) is 10.4 Å². The lowest BCUT2D eigenvalue weighted by Gasteiger charge is -2.18. The Morgan fingerprint density at radius 3 is 2.87 bits per heavy atom. The molecule has 0 aliphatic carbocycles. The van der Waals surface area contributed by atoms with Crippen LogP contribution >= 0.6 is 15.9 Å². The monoisotopic (exact) mass is 268 g/mol. The van der Waals surface area contributed by atoms with Crippen molar-refractivity contribution in [1.82, 2.24) is 0 Å². The maximum Gasteiger partial charge on any atom is 0.323 e. The normalized spacial score (nSPS) is 9.40. The predicted octanol–water partition coefficient (Wildman–Crippen LogP) is 1.84. The lowest BCUT2D eigenvalue weighted by Crippen LogP contribution is -2.25. The van der Waals surface area contributed by atoms with Crippen LogP contribution in [0.5, 0.6) is 0 Å². The smallest absolute Gasteiger partial charge is 0.323 e. The van der Waals surface area contributed by atoms with Gasteiger partial charge in [-0.25, -0.2) is 0 Å².